The number of nitrogens with one attached hydrogen (secondary N) is 1. The van der Waals surface area contributed by atoms with Crippen LogP contribution in [0, 0.1) is 0 Å². The van der Waals surface area contributed by atoms with Crippen LogP contribution in [0.25, 0.3) is 0 Å². The molecule has 2 rings (SSSR count). The van der Waals surface area contributed by atoms with Gasteiger partial charge in [-0.1, -0.05) is 23.4 Å². The van der Waals surface area contributed by atoms with Crippen LogP contribution in [-0.2, 0) is 23.6 Å². The van der Waals surface area contributed by atoms with Crippen molar-refractivity contribution in [1.82, 2.24) is 14.9 Å². The Morgan fingerprint density at radius 2 is 1.68 bits per heavy atom. The quantitative estimate of drug-likeness (QED) is 0.485. The molecule has 1 heterocycles. The molecule has 1 aliphatic heterocycles. The van der Waals surface area contributed by atoms with Gasteiger partial charge in [0, 0.05) is 14.1 Å². The average molecular weight is 412 g/mol. The van der Waals surface area contributed by atoms with Gasteiger partial charge in [-0.25, -0.2) is 9.36 Å². The number of urea groups is 1. The largest absolute Gasteiger partial charge is 0.533 e. The Bertz CT molecular complexity index is 861. The van der Waals surface area contributed by atoms with Crippen LogP contribution in [0.3, 0.4) is 0 Å². The second-order valence-electron chi connectivity index (χ2n) is 5.62. The van der Waals surface area contributed by atoms with Gasteiger partial charge in [-0.3, -0.25) is 28.8 Å². The number of amides is 4. The van der Waals surface area contributed by atoms with Crippen molar-refractivity contribution >= 4 is 37.3 Å². The molecular weight excluding hydrogens is 395 g/mol. The number of barbiturate groups is 1. The Morgan fingerprint density at radius 1 is 1.14 bits per heavy atom. The van der Waals surface area contributed by atoms with Crippen molar-refractivity contribution in [2.24, 2.45) is 5.16 Å². The molecule has 1 fully saturated rings. The summed E-state index contributed by atoms with van der Waals surface area (Å²) in [6, 6.07) is 5.38. The highest BCUT2D eigenvalue weighted by atomic mass is 31.2. The van der Waals surface area contributed by atoms with Crippen LogP contribution >= 0.6 is 7.75 Å². The molecule has 1 aliphatic rings. The first-order valence-corrected chi connectivity index (χ1v) is 9.32. The minimum atomic E-state index is -4.47. The number of para-hydroxylation sites is 1. The zero-order valence-corrected chi connectivity index (χ0v) is 16.0. The Morgan fingerprint density at radius 3 is 2.18 bits per heavy atom. The first-order chi connectivity index (χ1) is 13.1. The fourth-order valence-electron chi connectivity index (χ4n) is 1.96. The van der Waals surface area contributed by atoms with Gasteiger partial charge in [0.2, 0.25) is 5.71 Å². The summed E-state index contributed by atoms with van der Waals surface area (Å²) in [6.07, 6.45) is 0. The van der Waals surface area contributed by atoms with Crippen LogP contribution in [-0.4, -0.2) is 64.6 Å². The summed E-state index contributed by atoms with van der Waals surface area (Å²) in [5, 5.41) is 14.5. The number of nitrogens with zero attached hydrogens (tertiary/aromatic N) is 3. The third-order valence-corrected chi connectivity index (χ3v) is 4.97. The van der Waals surface area contributed by atoms with E-state index in [1.165, 1.54) is 19.1 Å². The standard InChI is InChI=1S/C15H17N4O8P/c1-9(14(22)23)17-28(25,26-10-7-5-4-6-8-10)27-16-11-12(20)18(2)15(24)19(3)13(11)21/h4-9H,1-3H3,(H,17,25)(H,22,23)/t9-,28?/m0/s1. The highest BCUT2D eigenvalue weighted by Gasteiger charge is 2.41. The van der Waals surface area contributed by atoms with E-state index in [0.717, 1.165) is 14.1 Å². The first kappa shape index (κ1) is 21.1. The molecule has 0 aromatic heterocycles. The summed E-state index contributed by atoms with van der Waals surface area (Å²) in [4.78, 5) is 48.2. The number of hydrogen-bond acceptors (Lipinski definition) is 8. The molecule has 0 saturated carbocycles. The lowest BCUT2D eigenvalue weighted by atomic mass is 10.2. The Hall–Kier alpha value is -3.24. The van der Waals surface area contributed by atoms with E-state index in [0.29, 0.717) is 9.80 Å². The smallest absolute Gasteiger partial charge is 0.480 e. The average Bonchev–Trinajstić information content (AvgIpc) is 2.65. The Labute approximate surface area is 159 Å². The molecule has 150 valence electrons. The summed E-state index contributed by atoms with van der Waals surface area (Å²) < 4.78 is 22.9. The van der Waals surface area contributed by atoms with Gasteiger partial charge in [0.1, 0.15) is 11.8 Å². The van der Waals surface area contributed by atoms with Gasteiger partial charge < -0.3 is 9.63 Å². The third kappa shape index (κ3) is 4.53. The lowest BCUT2D eigenvalue weighted by Crippen LogP contribution is -2.57. The fourth-order valence-corrected chi connectivity index (χ4v) is 3.27. The number of carbonyl (C=O) groups is 4. The van der Waals surface area contributed by atoms with Crippen molar-refractivity contribution in [3.63, 3.8) is 0 Å². The lowest BCUT2D eigenvalue weighted by Gasteiger charge is -2.27. The zero-order valence-electron chi connectivity index (χ0n) is 15.1. The second-order valence-corrected chi connectivity index (χ2v) is 7.22. The summed E-state index contributed by atoms with van der Waals surface area (Å²) in [7, 11) is -2.23. The van der Waals surface area contributed by atoms with Crippen molar-refractivity contribution in [1.29, 1.82) is 0 Å². The maximum Gasteiger partial charge on any atom is 0.533 e. The van der Waals surface area contributed by atoms with Gasteiger partial charge in [-0.05, 0) is 19.1 Å². The molecule has 0 spiro atoms. The fraction of sp³-hybridized carbons (Fsp3) is 0.267. The van der Waals surface area contributed by atoms with E-state index < -0.39 is 43.3 Å². The number of carboxylic acids is 1. The number of carbonyl (C=O) groups excluding carboxylic acids is 3. The molecule has 1 saturated heterocycles. The Balaban J connectivity index is 2.33. The summed E-state index contributed by atoms with van der Waals surface area (Å²) in [5.74, 6) is -3.46. The summed E-state index contributed by atoms with van der Waals surface area (Å²) >= 11 is 0. The van der Waals surface area contributed by atoms with Crippen LogP contribution < -0.4 is 9.61 Å². The summed E-state index contributed by atoms with van der Waals surface area (Å²) in [5.41, 5.74) is -0.828. The molecule has 1 aromatic rings. The SMILES string of the molecule is C[C@H](NP(=O)(ON=C1C(=O)N(C)C(=O)N(C)C1=O)Oc1ccccc1)C(=O)O. The van der Waals surface area contributed by atoms with E-state index in [4.69, 9.17) is 14.3 Å². The number of carboxylic acid groups (broad SMARTS) is 1. The van der Waals surface area contributed by atoms with Gasteiger partial charge in [-0.2, -0.15) is 5.09 Å². The maximum atomic E-state index is 12.9. The van der Waals surface area contributed by atoms with E-state index in [9.17, 15) is 23.7 Å². The van der Waals surface area contributed by atoms with Gasteiger partial charge in [-0.15, -0.1) is 0 Å². The lowest BCUT2D eigenvalue weighted by molar-refractivity contribution is -0.138. The number of aliphatic carboxylic acids is 1. The van der Waals surface area contributed by atoms with E-state index in [-0.39, 0.29) is 5.75 Å². The molecule has 2 N–H and O–H groups in total. The molecule has 0 aliphatic carbocycles. The van der Waals surface area contributed by atoms with Crippen LogP contribution in [0.15, 0.2) is 35.5 Å². The predicted octanol–water partition coefficient (Wildman–Crippen LogP) is 0.659. The predicted molar refractivity (Wildman–Crippen MR) is 94.4 cm³/mol. The van der Waals surface area contributed by atoms with Crippen molar-refractivity contribution in [2.75, 3.05) is 14.1 Å². The van der Waals surface area contributed by atoms with E-state index in [1.807, 2.05) is 0 Å². The first-order valence-electron chi connectivity index (χ1n) is 7.78. The van der Waals surface area contributed by atoms with E-state index in [2.05, 4.69) is 10.2 Å². The third-order valence-electron chi connectivity index (χ3n) is 3.52. The number of imide groups is 2. The normalized spacial score (nSPS) is 17.8. The zero-order chi connectivity index (χ0) is 21.1. The molecule has 0 radical (unpaired) electrons. The molecule has 4 amide bonds. The topological polar surface area (TPSA) is 155 Å². The molecule has 1 unspecified atom stereocenters. The van der Waals surface area contributed by atoms with Gasteiger partial charge in [0.05, 0.1) is 0 Å². The maximum absolute atomic E-state index is 12.9. The monoisotopic (exact) mass is 412 g/mol. The second kappa shape index (κ2) is 8.19. The van der Waals surface area contributed by atoms with Gasteiger partial charge >= 0.3 is 19.7 Å². The molecule has 0 bridgehead atoms. The van der Waals surface area contributed by atoms with Crippen LogP contribution in [0.4, 0.5) is 4.79 Å². The van der Waals surface area contributed by atoms with Crippen molar-refractivity contribution in [3.8, 4) is 5.75 Å². The van der Waals surface area contributed by atoms with E-state index >= 15 is 0 Å². The molecular formula is C15H17N4O8P. The number of oxime groups is 1. The minimum Gasteiger partial charge on any atom is -0.480 e. The molecule has 1 aromatic carbocycles. The highest BCUT2D eigenvalue weighted by Crippen LogP contribution is 2.45. The molecule has 12 nitrogen and oxygen atoms in total. The number of hydrogen-bond donors (Lipinski definition) is 2. The minimum absolute atomic E-state index is 0.0573. The molecule has 2 atom stereocenters. The van der Waals surface area contributed by atoms with Crippen molar-refractivity contribution in [3.05, 3.63) is 30.3 Å². The van der Waals surface area contributed by atoms with Gasteiger partial charge in [0.25, 0.3) is 11.8 Å². The highest BCUT2D eigenvalue weighted by molar-refractivity contribution is 7.52. The molecule has 28 heavy (non-hydrogen) atoms. The number of benzene rings is 1. The van der Waals surface area contributed by atoms with Crippen LogP contribution in [0.2, 0.25) is 0 Å². The molecule has 13 heteroatoms. The Kier molecular flexibility index (Phi) is 6.16. The van der Waals surface area contributed by atoms with Crippen LogP contribution in [0.1, 0.15) is 6.92 Å². The van der Waals surface area contributed by atoms with Gasteiger partial charge in [0.15, 0.2) is 0 Å². The number of rotatable bonds is 7. The van der Waals surface area contributed by atoms with Crippen LogP contribution in [0.5, 0.6) is 5.75 Å². The van der Waals surface area contributed by atoms with Crippen molar-refractivity contribution < 1.29 is 38.0 Å². The van der Waals surface area contributed by atoms with Crippen molar-refractivity contribution in [2.45, 2.75) is 13.0 Å². The van der Waals surface area contributed by atoms with E-state index in [1.54, 1.807) is 18.2 Å². The summed E-state index contributed by atoms with van der Waals surface area (Å²) in [6.45, 7) is 1.18.